The zero-order valence-corrected chi connectivity index (χ0v) is 10.5. The molecule has 0 heterocycles. The van der Waals surface area contributed by atoms with E-state index in [9.17, 15) is 19.7 Å². The van der Waals surface area contributed by atoms with Crippen LogP contribution in [0.5, 0.6) is 0 Å². The van der Waals surface area contributed by atoms with Gasteiger partial charge in [-0.25, -0.2) is 0 Å². The molecule has 0 radical (unpaired) electrons. The standard InChI is InChI=1S/C14H15NO4/c16-13-7-2-1-4-11(13)9-14(17)10-5-3-6-12(8-10)15(18)19/h3,5-6,8,11H,1-2,4,7,9H2. The Morgan fingerprint density at radius 1 is 1.37 bits per heavy atom. The Balaban J connectivity index is 2.09. The highest BCUT2D eigenvalue weighted by Gasteiger charge is 2.25. The maximum absolute atomic E-state index is 12.1. The van der Waals surface area contributed by atoms with E-state index in [1.54, 1.807) is 6.07 Å². The lowest BCUT2D eigenvalue weighted by atomic mass is 9.83. The van der Waals surface area contributed by atoms with E-state index in [1.807, 2.05) is 0 Å². The third-order valence-corrected chi connectivity index (χ3v) is 3.49. The second-order valence-corrected chi connectivity index (χ2v) is 4.84. The molecule has 2 rings (SSSR count). The molecule has 1 saturated carbocycles. The normalized spacial score (nSPS) is 19.2. The maximum atomic E-state index is 12.1. The average molecular weight is 261 g/mol. The number of carbonyl (C=O) groups is 2. The number of nitro groups is 1. The molecule has 1 atom stereocenters. The molecular weight excluding hydrogens is 246 g/mol. The predicted octanol–water partition coefficient (Wildman–Crippen LogP) is 2.93. The highest BCUT2D eigenvalue weighted by molar-refractivity contribution is 5.99. The van der Waals surface area contributed by atoms with Gasteiger partial charge in [-0.05, 0) is 12.8 Å². The largest absolute Gasteiger partial charge is 0.299 e. The minimum absolute atomic E-state index is 0.0965. The van der Waals surface area contributed by atoms with Gasteiger partial charge in [0.1, 0.15) is 5.78 Å². The lowest BCUT2D eigenvalue weighted by Crippen LogP contribution is -2.22. The lowest BCUT2D eigenvalue weighted by molar-refractivity contribution is -0.384. The van der Waals surface area contributed by atoms with Crippen LogP contribution in [0.25, 0.3) is 0 Å². The molecule has 1 unspecified atom stereocenters. The number of hydrogen-bond donors (Lipinski definition) is 0. The fourth-order valence-electron chi connectivity index (χ4n) is 2.41. The zero-order valence-electron chi connectivity index (χ0n) is 10.5. The molecular formula is C14H15NO4. The quantitative estimate of drug-likeness (QED) is 0.474. The summed E-state index contributed by atoms with van der Waals surface area (Å²) in [6.45, 7) is 0. The molecule has 1 aromatic carbocycles. The Kier molecular flexibility index (Phi) is 4.04. The molecule has 0 aliphatic heterocycles. The van der Waals surface area contributed by atoms with Crippen LogP contribution < -0.4 is 0 Å². The van der Waals surface area contributed by atoms with E-state index in [0.29, 0.717) is 12.0 Å². The monoisotopic (exact) mass is 261 g/mol. The molecule has 1 aliphatic rings. The summed E-state index contributed by atoms with van der Waals surface area (Å²) in [4.78, 5) is 33.9. The molecule has 19 heavy (non-hydrogen) atoms. The molecule has 1 aliphatic carbocycles. The van der Waals surface area contributed by atoms with E-state index in [2.05, 4.69) is 0 Å². The number of non-ortho nitro benzene ring substituents is 1. The summed E-state index contributed by atoms with van der Waals surface area (Å²) >= 11 is 0. The maximum Gasteiger partial charge on any atom is 0.270 e. The number of rotatable bonds is 4. The van der Waals surface area contributed by atoms with E-state index in [4.69, 9.17) is 0 Å². The van der Waals surface area contributed by atoms with Gasteiger partial charge in [-0.3, -0.25) is 19.7 Å². The highest BCUT2D eigenvalue weighted by atomic mass is 16.6. The predicted molar refractivity (Wildman–Crippen MR) is 69.0 cm³/mol. The van der Waals surface area contributed by atoms with Gasteiger partial charge in [0.2, 0.25) is 0 Å². The summed E-state index contributed by atoms with van der Waals surface area (Å²) in [6, 6.07) is 5.68. The summed E-state index contributed by atoms with van der Waals surface area (Å²) in [5.41, 5.74) is 0.216. The molecule has 1 fully saturated rings. The zero-order chi connectivity index (χ0) is 13.8. The van der Waals surface area contributed by atoms with Crippen LogP contribution >= 0.6 is 0 Å². The third kappa shape index (κ3) is 3.24. The number of ketones is 2. The Hall–Kier alpha value is -2.04. The van der Waals surface area contributed by atoms with Crippen LogP contribution in [-0.4, -0.2) is 16.5 Å². The molecule has 5 nitrogen and oxygen atoms in total. The Bertz CT molecular complexity index is 524. The van der Waals surface area contributed by atoms with Gasteiger partial charge in [-0.15, -0.1) is 0 Å². The van der Waals surface area contributed by atoms with Crippen molar-refractivity contribution in [1.82, 2.24) is 0 Å². The van der Waals surface area contributed by atoms with E-state index < -0.39 is 4.92 Å². The number of Topliss-reactive ketones (excluding diaryl/α,β-unsaturated/α-hetero) is 2. The molecule has 0 N–H and O–H groups in total. The number of carbonyl (C=O) groups excluding carboxylic acids is 2. The Morgan fingerprint density at radius 2 is 2.16 bits per heavy atom. The number of hydrogen-bond acceptors (Lipinski definition) is 4. The van der Waals surface area contributed by atoms with Gasteiger partial charge >= 0.3 is 0 Å². The van der Waals surface area contributed by atoms with Crippen molar-refractivity contribution in [2.45, 2.75) is 32.1 Å². The van der Waals surface area contributed by atoms with Crippen LogP contribution in [0.2, 0.25) is 0 Å². The minimum atomic E-state index is -0.525. The fraction of sp³-hybridized carbons (Fsp3) is 0.429. The van der Waals surface area contributed by atoms with Gasteiger partial charge in [0.25, 0.3) is 5.69 Å². The van der Waals surface area contributed by atoms with Gasteiger partial charge < -0.3 is 0 Å². The van der Waals surface area contributed by atoms with E-state index in [1.165, 1.54) is 18.2 Å². The van der Waals surface area contributed by atoms with Crippen molar-refractivity contribution in [2.24, 2.45) is 5.92 Å². The van der Waals surface area contributed by atoms with Crippen LogP contribution in [0, 0.1) is 16.0 Å². The molecule has 1 aromatic rings. The molecule has 100 valence electrons. The van der Waals surface area contributed by atoms with Crippen LogP contribution in [0.1, 0.15) is 42.5 Å². The van der Waals surface area contributed by atoms with Crippen LogP contribution in [-0.2, 0) is 4.79 Å². The molecule has 0 spiro atoms. The van der Waals surface area contributed by atoms with Crippen molar-refractivity contribution in [3.05, 3.63) is 39.9 Å². The molecule has 5 heteroatoms. The van der Waals surface area contributed by atoms with Gasteiger partial charge in [-0.2, -0.15) is 0 Å². The first kappa shape index (κ1) is 13.4. The number of benzene rings is 1. The second-order valence-electron chi connectivity index (χ2n) is 4.84. The van der Waals surface area contributed by atoms with Crippen molar-refractivity contribution in [1.29, 1.82) is 0 Å². The minimum Gasteiger partial charge on any atom is -0.299 e. The van der Waals surface area contributed by atoms with Crippen molar-refractivity contribution < 1.29 is 14.5 Å². The summed E-state index contributed by atoms with van der Waals surface area (Å²) in [7, 11) is 0. The van der Waals surface area contributed by atoms with Crippen molar-refractivity contribution >= 4 is 17.3 Å². The summed E-state index contributed by atoms with van der Waals surface area (Å²) in [5.74, 6) is -0.255. The molecule has 0 bridgehead atoms. The Labute approximate surface area is 110 Å². The van der Waals surface area contributed by atoms with Gasteiger partial charge in [0.05, 0.1) is 4.92 Å². The van der Waals surface area contributed by atoms with Gasteiger partial charge in [0, 0.05) is 36.5 Å². The summed E-state index contributed by atoms with van der Waals surface area (Å²) < 4.78 is 0. The fourth-order valence-corrected chi connectivity index (χ4v) is 2.41. The topological polar surface area (TPSA) is 77.3 Å². The highest BCUT2D eigenvalue weighted by Crippen LogP contribution is 2.25. The summed E-state index contributed by atoms with van der Waals surface area (Å²) in [6.07, 6.45) is 3.34. The van der Waals surface area contributed by atoms with Crippen molar-refractivity contribution in [2.75, 3.05) is 0 Å². The van der Waals surface area contributed by atoms with Crippen molar-refractivity contribution in [3.8, 4) is 0 Å². The Morgan fingerprint density at radius 3 is 2.84 bits per heavy atom. The van der Waals surface area contributed by atoms with E-state index in [0.717, 1.165) is 19.3 Å². The first-order valence-corrected chi connectivity index (χ1v) is 6.38. The van der Waals surface area contributed by atoms with Gasteiger partial charge in [-0.1, -0.05) is 18.6 Å². The SMILES string of the molecule is O=C(CC1CCCCC1=O)c1cccc([N+](=O)[O-])c1. The smallest absolute Gasteiger partial charge is 0.270 e. The first-order chi connectivity index (χ1) is 9.08. The summed E-state index contributed by atoms with van der Waals surface area (Å²) in [5, 5.41) is 10.7. The van der Waals surface area contributed by atoms with Crippen LogP contribution in [0.3, 0.4) is 0 Å². The third-order valence-electron chi connectivity index (χ3n) is 3.49. The van der Waals surface area contributed by atoms with Crippen LogP contribution in [0.15, 0.2) is 24.3 Å². The first-order valence-electron chi connectivity index (χ1n) is 6.38. The van der Waals surface area contributed by atoms with Gasteiger partial charge in [0.15, 0.2) is 5.78 Å². The second kappa shape index (κ2) is 5.73. The molecule has 0 saturated heterocycles. The van der Waals surface area contributed by atoms with E-state index in [-0.39, 0.29) is 29.6 Å². The lowest BCUT2D eigenvalue weighted by Gasteiger charge is -2.19. The molecule has 0 amide bonds. The molecule has 0 aromatic heterocycles. The number of nitrogens with zero attached hydrogens (tertiary/aromatic N) is 1. The van der Waals surface area contributed by atoms with Crippen molar-refractivity contribution in [3.63, 3.8) is 0 Å². The number of nitro benzene ring substituents is 1. The van der Waals surface area contributed by atoms with E-state index >= 15 is 0 Å². The average Bonchev–Trinajstić information content (AvgIpc) is 2.41. The van der Waals surface area contributed by atoms with Crippen LogP contribution in [0.4, 0.5) is 5.69 Å².